The number of hydrogen-bond acceptors (Lipinski definition) is 5. The van der Waals surface area contributed by atoms with Gasteiger partial charge in [-0.25, -0.2) is 0 Å². The van der Waals surface area contributed by atoms with Gasteiger partial charge in [0.15, 0.2) is 0 Å². The third-order valence-electron chi connectivity index (χ3n) is 5.35. The zero-order valence-corrected chi connectivity index (χ0v) is 20.6. The number of ether oxygens (including phenoxy) is 2. The standard InChI is InChI=1S/C28H42O5/c1-4-5-6-7-8-9-18-27(32-23(2)30)19-11-10-15-25-16-14-17-26(22-25)28(33-24(3)31)20-12-13-21-29/h10-11,14-17,19,22,27-29H,4-9,12-13,18,20-21H2,1-3H3/b15-10+,19-11+/t27-,28-/m0/s1. The van der Waals surface area contributed by atoms with Crippen LogP contribution in [-0.4, -0.2) is 29.8 Å². The lowest BCUT2D eigenvalue weighted by atomic mass is 10.0. The molecule has 0 unspecified atom stereocenters. The van der Waals surface area contributed by atoms with E-state index in [0.717, 1.165) is 36.8 Å². The van der Waals surface area contributed by atoms with Gasteiger partial charge in [0.2, 0.25) is 0 Å². The largest absolute Gasteiger partial charge is 0.458 e. The minimum atomic E-state index is -0.316. The maximum absolute atomic E-state index is 11.5. The first kappa shape index (κ1) is 28.6. The summed E-state index contributed by atoms with van der Waals surface area (Å²) in [6.45, 7) is 5.21. The van der Waals surface area contributed by atoms with Crippen molar-refractivity contribution in [3.63, 3.8) is 0 Å². The van der Waals surface area contributed by atoms with Crippen molar-refractivity contribution < 1.29 is 24.2 Å². The molecule has 5 nitrogen and oxygen atoms in total. The summed E-state index contributed by atoms with van der Waals surface area (Å²) in [4.78, 5) is 22.9. The normalized spacial score (nSPS) is 13.3. The smallest absolute Gasteiger partial charge is 0.303 e. The molecule has 2 atom stereocenters. The second-order valence-corrected chi connectivity index (χ2v) is 8.44. The lowest BCUT2D eigenvalue weighted by Crippen LogP contribution is -2.13. The predicted octanol–water partition coefficient (Wildman–Crippen LogP) is 6.71. The molecule has 0 radical (unpaired) electrons. The minimum Gasteiger partial charge on any atom is -0.458 e. The van der Waals surface area contributed by atoms with E-state index in [4.69, 9.17) is 14.6 Å². The van der Waals surface area contributed by atoms with Gasteiger partial charge in [-0.3, -0.25) is 9.59 Å². The van der Waals surface area contributed by atoms with Crippen molar-refractivity contribution in [3.05, 3.63) is 53.6 Å². The number of carbonyl (C=O) groups excluding carboxylic acids is 2. The highest BCUT2D eigenvalue weighted by atomic mass is 16.5. The molecule has 0 spiro atoms. The van der Waals surface area contributed by atoms with Crippen molar-refractivity contribution in [2.75, 3.05) is 6.61 Å². The zero-order valence-electron chi connectivity index (χ0n) is 20.6. The monoisotopic (exact) mass is 458 g/mol. The molecule has 1 rings (SSSR count). The highest BCUT2D eigenvalue weighted by Crippen LogP contribution is 2.25. The van der Waals surface area contributed by atoms with Gasteiger partial charge in [0.05, 0.1) is 0 Å². The molecule has 0 fully saturated rings. The Labute approximate surface area is 199 Å². The Bertz CT molecular complexity index is 738. The van der Waals surface area contributed by atoms with Crippen LogP contribution >= 0.6 is 0 Å². The Morgan fingerprint density at radius 2 is 1.61 bits per heavy atom. The van der Waals surface area contributed by atoms with Gasteiger partial charge in [-0.2, -0.15) is 0 Å². The molecular formula is C28H42O5. The number of benzene rings is 1. The van der Waals surface area contributed by atoms with Gasteiger partial charge < -0.3 is 14.6 Å². The Kier molecular flexibility index (Phi) is 15.7. The summed E-state index contributed by atoms with van der Waals surface area (Å²) in [5.74, 6) is -0.570. The van der Waals surface area contributed by atoms with E-state index in [1.807, 2.05) is 48.6 Å². The van der Waals surface area contributed by atoms with E-state index in [9.17, 15) is 9.59 Å². The van der Waals surface area contributed by atoms with Gasteiger partial charge in [-0.15, -0.1) is 0 Å². The van der Waals surface area contributed by atoms with Crippen LogP contribution in [-0.2, 0) is 19.1 Å². The van der Waals surface area contributed by atoms with Gasteiger partial charge in [0.1, 0.15) is 12.2 Å². The molecule has 1 N–H and O–H groups in total. The second kappa shape index (κ2) is 18.1. The zero-order chi connectivity index (χ0) is 24.3. The fourth-order valence-corrected chi connectivity index (χ4v) is 3.69. The first-order valence-corrected chi connectivity index (χ1v) is 12.4. The van der Waals surface area contributed by atoms with Crippen LogP contribution in [0.15, 0.2) is 42.5 Å². The minimum absolute atomic E-state index is 0.134. The van der Waals surface area contributed by atoms with E-state index < -0.39 is 0 Å². The highest BCUT2D eigenvalue weighted by Gasteiger charge is 2.14. The lowest BCUT2D eigenvalue weighted by Gasteiger charge is -2.17. The molecule has 184 valence electrons. The highest BCUT2D eigenvalue weighted by molar-refractivity contribution is 5.66. The number of rotatable bonds is 17. The fourth-order valence-electron chi connectivity index (χ4n) is 3.69. The maximum atomic E-state index is 11.5. The first-order chi connectivity index (χ1) is 16.0. The first-order valence-electron chi connectivity index (χ1n) is 12.4. The fraction of sp³-hybridized carbons (Fsp3) is 0.571. The van der Waals surface area contributed by atoms with Crippen LogP contribution in [0, 0.1) is 0 Å². The van der Waals surface area contributed by atoms with Gasteiger partial charge in [-0.05, 0) is 55.4 Å². The summed E-state index contributed by atoms with van der Waals surface area (Å²) in [6, 6.07) is 7.90. The summed E-state index contributed by atoms with van der Waals surface area (Å²) in [5.41, 5.74) is 1.94. The average molecular weight is 459 g/mol. The molecule has 0 aliphatic heterocycles. The number of carbonyl (C=O) groups is 2. The van der Waals surface area contributed by atoms with Crippen molar-refractivity contribution in [2.45, 2.75) is 97.2 Å². The maximum Gasteiger partial charge on any atom is 0.303 e. The van der Waals surface area contributed by atoms with Gasteiger partial charge >= 0.3 is 11.9 Å². The number of unbranched alkanes of at least 4 members (excludes halogenated alkanes) is 6. The van der Waals surface area contributed by atoms with Crippen molar-refractivity contribution >= 4 is 18.0 Å². The molecule has 5 heteroatoms. The summed E-state index contributed by atoms with van der Waals surface area (Å²) >= 11 is 0. The molecule has 0 saturated heterocycles. The third-order valence-corrected chi connectivity index (χ3v) is 5.35. The summed E-state index contributed by atoms with van der Waals surface area (Å²) < 4.78 is 10.9. The molecule has 0 heterocycles. The van der Waals surface area contributed by atoms with Crippen LogP contribution in [0.3, 0.4) is 0 Å². The lowest BCUT2D eigenvalue weighted by molar-refractivity contribution is -0.147. The molecule has 0 saturated carbocycles. The van der Waals surface area contributed by atoms with Crippen LogP contribution in [0.1, 0.15) is 102 Å². The Morgan fingerprint density at radius 3 is 2.30 bits per heavy atom. The summed E-state index contributed by atoms with van der Waals surface area (Å²) in [6.07, 6.45) is 17.5. The average Bonchev–Trinajstić information content (AvgIpc) is 2.78. The van der Waals surface area contributed by atoms with Crippen molar-refractivity contribution in [2.24, 2.45) is 0 Å². The number of hydrogen-bond donors (Lipinski definition) is 1. The Hall–Kier alpha value is -2.40. The van der Waals surface area contributed by atoms with Crippen LogP contribution in [0.5, 0.6) is 0 Å². The van der Waals surface area contributed by atoms with Crippen molar-refractivity contribution in [3.8, 4) is 0 Å². The number of aliphatic hydroxyl groups is 1. The number of esters is 2. The SMILES string of the molecule is CCCCCCCC[C@@H](/C=C/C=C/c1cccc([C@H](CCCCO)OC(C)=O)c1)OC(C)=O. The second-order valence-electron chi connectivity index (χ2n) is 8.44. The van der Waals surface area contributed by atoms with E-state index in [1.54, 1.807) is 0 Å². The molecule has 0 amide bonds. The van der Waals surface area contributed by atoms with Crippen LogP contribution < -0.4 is 0 Å². The topological polar surface area (TPSA) is 72.8 Å². The third kappa shape index (κ3) is 14.4. The van der Waals surface area contributed by atoms with E-state index >= 15 is 0 Å². The quantitative estimate of drug-likeness (QED) is 0.160. The van der Waals surface area contributed by atoms with Crippen LogP contribution in [0.2, 0.25) is 0 Å². The molecule has 33 heavy (non-hydrogen) atoms. The van der Waals surface area contributed by atoms with Crippen LogP contribution in [0.25, 0.3) is 6.08 Å². The van der Waals surface area contributed by atoms with Crippen LogP contribution in [0.4, 0.5) is 0 Å². The molecular weight excluding hydrogens is 416 g/mol. The molecule has 0 aliphatic carbocycles. The predicted molar refractivity (Wildman–Crippen MR) is 134 cm³/mol. The van der Waals surface area contributed by atoms with Gasteiger partial charge in [0.25, 0.3) is 0 Å². The number of aliphatic hydroxyl groups excluding tert-OH is 1. The molecule has 1 aromatic carbocycles. The van der Waals surface area contributed by atoms with Crippen molar-refractivity contribution in [1.82, 2.24) is 0 Å². The Morgan fingerprint density at radius 1 is 0.909 bits per heavy atom. The van der Waals surface area contributed by atoms with Gasteiger partial charge in [0, 0.05) is 20.5 Å². The molecule has 0 bridgehead atoms. The summed E-state index contributed by atoms with van der Waals surface area (Å²) in [5, 5.41) is 9.02. The number of allylic oxidation sites excluding steroid dienone is 2. The van der Waals surface area contributed by atoms with Crippen molar-refractivity contribution in [1.29, 1.82) is 0 Å². The van der Waals surface area contributed by atoms with E-state index in [-0.39, 0.29) is 30.8 Å². The molecule has 0 aliphatic rings. The van der Waals surface area contributed by atoms with E-state index in [0.29, 0.717) is 12.8 Å². The van der Waals surface area contributed by atoms with E-state index in [1.165, 1.54) is 39.5 Å². The van der Waals surface area contributed by atoms with Gasteiger partial charge in [-0.1, -0.05) is 75.5 Å². The summed E-state index contributed by atoms with van der Waals surface area (Å²) in [7, 11) is 0. The van der Waals surface area contributed by atoms with E-state index in [2.05, 4.69) is 6.92 Å². The molecule has 0 aromatic heterocycles. The molecule has 1 aromatic rings. The Balaban J connectivity index is 2.69.